The molecule has 0 aliphatic carbocycles. The molecule has 2 N–H and O–H groups in total. The number of nitrogens with one attached hydrogen (secondary N) is 1. The number of aromatic hydroxyl groups is 1. The van der Waals surface area contributed by atoms with Crippen LogP contribution in [0.5, 0.6) is 5.75 Å². The van der Waals surface area contributed by atoms with Gasteiger partial charge in [-0.25, -0.2) is 13.8 Å². The molecular weight excluding hydrogens is 270 g/mol. The van der Waals surface area contributed by atoms with E-state index in [1.54, 1.807) is 11.3 Å². The number of phenols is 1. The van der Waals surface area contributed by atoms with E-state index in [0.29, 0.717) is 18.7 Å². The van der Waals surface area contributed by atoms with Gasteiger partial charge in [0.2, 0.25) is 0 Å². The molecule has 6 heteroatoms. The molecule has 0 spiro atoms. The first-order valence-electron chi connectivity index (χ1n) is 5.85. The van der Waals surface area contributed by atoms with Gasteiger partial charge in [0.15, 0.2) is 17.4 Å². The molecule has 0 saturated carbocycles. The Kier molecular flexibility index (Phi) is 4.44. The summed E-state index contributed by atoms with van der Waals surface area (Å²) in [5, 5.41) is 15.1. The van der Waals surface area contributed by atoms with Crippen molar-refractivity contribution in [2.45, 2.75) is 19.9 Å². The summed E-state index contributed by atoms with van der Waals surface area (Å²) in [4.78, 5) is 4.32. The summed E-state index contributed by atoms with van der Waals surface area (Å²) in [5.41, 5.74) is 1.46. The topological polar surface area (TPSA) is 45.1 Å². The first-order chi connectivity index (χ1) is 9.06. The SMILES string of the molecule is Cc1csc(CCNCc2cc(F)c(O)c(F)c2)n1. The number of rotatable bonds is 5. The zero-order valence-corrected chi connectivity index (χ0v) is 11.2. The Balaban J connectivity index is 1.83. The average Bonchev–Trinajstić information content (AvgIpc) is 2.77. The van der Waals surface area contributed by atoms with Crippen LogP contribution in [0.2, 0.25) is 0 Å². The van der Waals surface area contributed by atoms with Crippen molar-refractivity contribution >= 4 is 11.3 Å². The van der Waals surface area contributed by atoms with E-state index in [1.165, 1.54) is 0 Å². The van der Waals surface area contributed by atoms with Crippen LogP contribution in [0.25, 0.3) is 0 Å². The van der Waals surface area contributed by atoms with E-state index in [9.17, 15) is 8.78 Å². The molecule has 19 heavy (non-hydrogen) atoms. The van der Waals surface area contributed by atoms with Crippen molar-refractivity contribution in [3.8, 4) is 5.75 Å². The molecule has 1 heterocycles. The lowest BCUT2D eigenvalue weighted by atomic mass is 10.2. The van der Waals surface area contributed by atoms with Crippen LogP contribution in [0.4, 0.5) is 8.78 Å². The van der Waals surface area contributed by atoms with Crippen LogP contribution >= 0.6 is 11.3 Å². The Morgan fingerprint density at radius 3 is 2.58 bits per heavy atom. The molecule has 1 aromatic heterocycles. The summed E-state index contributed by atoms with van der Waals surface area (Å²) in [6.07, 6.45) is 0.779. The van der Waals surface area contributed by atoms with Gasteiger partial charge < -0.3 is 10.4 Å². The number of aromatic nitrogens is 1. The lowest BCUT2D eigenvalue weighted by Crippen LogP contribution is -2.16. The van der Waals surface area contributed by atoms with Gasteiger partial charge in [0.1, 0.15) is 0 Å². The fourth-order valence-corrected chi connectivity index (χ4v) is 2.44. The van der Waals surface area contributed by atoms with Crippen molar-refractivity contribution in [2.75, 3.05) is 6.54 Å². The standard InChI is InChI=1S/C13H14F2N2OS/c1-8-7-19-12(17-8)2-3-16-6-9-4-10(14)13(18)11(15)5-9/h4-5,7,16,18H,2-3,6H2,1H3. The third-order valence-corrected chi connectivity index (χ3v) is 3.61. The molecule has 0 radical (unpaired) electrons. The second-order valence-electron chi connectivity index (χ2n) is 4.22. The highest BCUT2D eigenvalue weighted by molar-refractivity contribution is 7.09. The third kappa shape index (κ3) is 3.71. The summed E-state index contributed by atoms with van der Waals surface area (Å²) in [7, 11) is 0. The van der Waals surface area contributed by atoms with Gasteiger partial charge in [-0.2, -0.15) is 0 Å². The first-order valence-corrected chi connectivity index (χ1v) is 6.73. The van der Waals surface area contributed by atoms with Crippen LogP contribution in [0.1, 0.15) is 16.3 Å². The Morgan fingerprint density at radius 1 is 1.32 bits per heavy atom. The van der Waals surface area contributed by atoms with Crippen LogP contribution < -0.4 is 5.32 Å². The fraction of sp³-hybridized carbons (Fsp3) is 0.308. The lowest BCUT2D eigenvalue weighted by molar-refractivity contribution is 0.395. The van der Waals surface area contributed by atoms with Gasteiger partial charge >= 0.3 is 0 Å². The maximum Gasteiger partial charge on any atom is 0.187 e. The number of benzene rings is 1. The van der Waals surface area contributed by atoms with Crippen LogP contribution in [0, 0.1) is 18.6 Å². The van der Waals surface area contributed by atoms with Crippen molar-refractivity contribution in [3.05, 3.63) is 45.4 Å². The van der Waals surface area contributed by atoms with Crippen molar-refractivity contribution in [3.63, 3.8) is 0 Å². The number of phenolic OH excluding ortho intramolecular Hbond substituents is 1. The number of halogens is 2. The molecule has 0 unspecified atom stereocenters. The van der Waals surface area contributed by atoms with Gasteiger partial charge in [-0.3, -0.25) is 0 Å². The number of aryl methyl sites for hydroxylation is 1. The van der Waals surface area contributed by atoms with Crippen LogP contribution in [-0.2, 0) is 13.0 Å². The second kappa shape index (κ2) is 6.08. The van der Waals surface area contributed by atoms with E-state index >= 15 is 0 Å². The van der Waals surface area contributed by atoms with Gasteiger partial charge in [0, 0.05) is 30.6 Å². The molecule has 0 bridgehead atoms. The summed E-state index contributed by atoms with van der Waals surface area (Å²) in [6.45, 7) is 2.96. The Labute approximate surface area is 113 Å². The molecule has 0 saturated heterocycles. The number of thiazole rings is 1. The summed E-state index contributed by atoms with van der Waals surface area (Å²) in [6, 6.07) is 2.25. The minimum atomic E-state index is -0.938. The highest BCUT2D eigenvalue weighted by Gasteiger charge is 2.09. The Hall–Kier alpha value is -1.53. The molecule has 0 aliphatic heterocycles. The van der Waals surface area contributed by atoms with Gasteiger partial charge in [-0.1, -0.05) is 0 Å². The minimum absolute atomic E-state index is 0.346. The molecular formula is C13H14F2N2OS. The molecule has 2 rings (SSSR count). The van der Waals surface area contributed by atoms with E-state index in [0.717, 1.165) is 29.3 Å². The fourth-order valence-electron chi connectivity index (χ4n) is 1.67. The minimum Gasteiger partial charge on any atom is -0.503 e. The largest absolute Gasteiger partial charge is 0.503 e. The third-order valence-electron chi connectivity index (χ3n) is 2.59. The van der Waals surface area contributed by atoms with Crippen molar-refractivity contribution < 1.29 is 13.9 Å². The Morgan fingerprint density at radius 2 is 2.00 bits per heavy atom. The highest BCUT2D eigenvalue weighted by atomic mass is 32.1. The summed E-state index contributed by atoms with van der Waals surface area (Å²) in [5.74, 6) is -2.80. The van der Waals surface area contributed by atoms with Crippen LogP contribution in [0.3, 0.4) is 0 Å². The van der Waals surface area contributed by atoms with E-state index in [-0.39, 0.29) is 0 Å². The average molecular weight is 284 g/mol. The summed E-state index contributed by atoms with van der Waals surface area (Å²) >= 11 is 1.60. The summed E-state index contributed by atoms with van der Waals surface area (Å²) < 4.78 is 26.2. The molecule has 0 amide bonds. The molecule has 2 aromatic rings. The van der Waals surface area contributed by atoms with Gasteiger partial charge in [0.25, 0.3) is 0 Å². The van der Waals surface area contributed by atoms with E-state index in [1.807, 2.05) is 12.3 Å². The highest BCUT2D eigenvalue weighted by Crippen LogP contribution is 2.21. The van der Waals surface area contributed by atoms with E-state index in [4.69, 9.17) is 5.11 Å². The predicted molar refractivity (Wildman–Crippen MR) is 70.3 cm³/mol. The smallest absolute Gasteiger partial charge is 0.187 e. The zero-order chi connectivity index (χ0) is 13.8. The zero-order valence-electron chi connectivity index (χ0n) is 10.4. The van der Waals surface area contributed by atoms with E-state index in [2.05, 4.69) is 10.3 Å². The quantitative estimate of drug-likeness (QED) is 0.830. The monoisotopic (exact) mass is 284 g/mol. The predicted octanol–water partition coefficient (Wildman–Crippen LogP) is 2.77. The second-order valence-corrected chi connectivity index (χ2v) is 5.16. The number of hydrogen-bond acceptors (Lipinski definition) is 4. The van der Waals surface area contributed by atoms with Crippen LogP contribution in [0.15, 0.2) is 17.5 Å². The maximum atomic E-state index is 13.1. The Bertz CT molecular complexity index is 549. The molecule has 1 aromatic carbocycles. The maximum absolute atomic E-state index is 13.1. The molecule has 3 nitrogen and oxygen atoms in total. The first kappa shape index (κ1) is 13.9. The normalized spacial score (nSPS) is 10.9. The van der Waals surface area contributed by atoms with Crippen molar-refractivity contribution in [1.29, 1.82) is 0 Å². The van der Waals surface area contributed by atoms with Crippen molar-refractivity contribution in [1.82, 2.24) is 10.3 Å². The van der Waals surface area contributed by atoms with Gasteiger partial charge in [-0.15, -0.1) is 11.3 Å². The molecule has 102 valence electrons. The van der Waals surface area contributed by atoms with E-state index < -0.39 is 17.4 Å². The molecule has 0 aliphatic rings. The van der Waals surface area contributed by atoms with Gasteiger partial charge in [0.05, 0.1) is 5.01 Å². The van der Waals surface area contributed by atoms with Crippen molar-refractivity contribution in [2.24, 2.45) is 0 Å². The molecule has 0 atom stereocenters. The lowest BCUT2D eigenvalue weighted by Gasteiger charge is -2.05. The van der Waals surface area contributed by atoms with Gasteiger partial charge in [-0.05, 0) is 24.6 Å². The van der Waals surface area contributed by atoms with Crippen LogP contribution in [-0.4, -0.2) is 16.6 Å². The number of hydrogen-bond donors (Lipinski definition) is 2. The molecule has 0 fully saturated rings. The number of nitrogens with zero attached hydrogens (tertiary/aromatic N) is 1.